The third-order valence-corrected chi connectivity index (χ3v) is 14.7. The van der Waals surface area contributed by atoms with Crippen LogP contribution in [0.2, 0.25) is 0 Å². The molecule has 0 aromatic rings. The lowest BCUT2D eigenvalue weighted by Crippen LogP contribution is -2.61. The quantitative estimate of drug-likeness (QED) is 0.307. The summed E-state index contributed by atoms with van der Waals surface area (Å²) in [5, 5.41) is 10.8. The number of fused-ring (bicyclic) bond motifs is 6. The van der Waals surface area contributed by atoms with Crippen LogP contribution in [0, 0.1) is 11.8 Å². The van der Waals surface area contributed by atoms with E-state index < -0.39 is 53.0 Å². The monoisotopic (exact) mass is 808 g/mol. The Balaban J connectivity index is 0.979. The van der Waals surface area contributed by atoms with Crippen LogP contribution in [-0.2, 0) is 61.7 Å². The normalized spacial score (nSPS) is 49.8. The summed E-state index contributed by atoms with van der Waals surface area (Å²) in [4.78, 5) is 14.1. The van der Waals surface area contributed by atoms with Crippen LogP contribution in [0.25, 0.3) is 0 Å². The van der Waals surface area contributed by atoms with Crippen molar-refractivity contribution >= 4 is 15.9 Å². The van der Waals surface area contributed by atoms with Gasteiger partial charge in [-0.3, -0.25) is 8.98 Å². The highest BCUT2D eigenvalue weighted by molar-refractivity contribution is 7.85. The van der Waals surface area contributed by atoms with Crippen molar-refractivity contribution in [3.05, 3.63) is 24.3 Å². The molecule has 18 unspecified atom stereocenters. The summed E-state index contributed by atoms with van der Waals surface area (Å²) in [6.45, 7) is 10.6. The molecule has 12 bridgehead atoms. The summed E-state index contributed by atoms with van der Waals surface area (Å²) in [7, 11) is -2.17. The van der Waals surface area contributed by atoms with Gasteiger partial charge in [-0.2, -0.15) is 8.42 Å². The van der Waals surface area contributed by atoms with Gasteiger partial charge in [0.25, 0.3) is 10.1 Å². The van der Waals surface area contributed by atoms with Gasteiger partial charge in [0.2, 0.25) is 0 Å². The number of aliphatic hydroxyl groups excluding tert-OH is 1. The van der Waals surface area contributed by atoms with Gasteiger partial charge in [-0.25, -0.2) is 0 Å². The Kier molecular flexibility index (Phi) is 11.2. The van der Waals surface area contributed by atoms with Crippen LogP contribution >= 0.6 is 0 Å². The first kappa shape index (κ1) is 40.1. The molecule has 10 heterocycles. The van der Waals surface area contributed by atoms with Gasteiger partial charge in [0.05, 0.1) is 80.0 Å². The molecule has 15 heteroatoms. The van der Waals surface area contributed by atoms with Crippen LogP contribution < -0.4 is 0 Å². The van der Waals surface area contributed by atoms with E-state index in [-0.39, 0.29) is 104 Å². The minimum Gasteiger partial charge on any atom is -0.391 e. The van der Waals surface area contributed by atoms with E-state index in [1.165, 1.54) is 0 Å². The second kappa shape index (κ2) is 15.6. The van der Waals surface area contributed by atoms with Crippen molar-refractivity contribution in [3.8, 4) is 0 Å². The topological polar surface area (TPSA) is 164 Å². The van der Waals surface area contributed by atoms with Gasteiger partial charge < -0.3 is 47.7 Å². The number of carbonyl (C=O) groups is 1. The van der Waals surface area contributed by atoms with E-state index in [9.17, 15) is 18.3 Å². The fourth-order valence-electron chi connectivity index (χ4n) is 11.5. The number of Topliss-reactive ketones (excluding diaryl/α,β-unsaturated/α-hetero) is 1. The van der Waals surface area contributed by atoms with Gasteiger partial charge in [-0.1, -0.05) is 20.1 Å². The standard InChI is InChI=1S/C41H60O14S/c1-20-12-25-6-8-29-21(2)13-27(48-29)10-11-41-18-34-37(54-41)38-39(53-34)40(55-41)36-30(52-38)9-7-26(50-36)14-23(42)15-28-32(17-31(49-25)22(20)3)51-33(35(28)46-4)16-24(43)19-47-56(5,44)45/h20,24-40,43H,2-3,6-19H2,1,4-5H3/t20?,24?,25?,26?,27-,28?,29?,30?,31?,32?,33?,34?,35?,36?,37?,38?,39?,40?,41?/m0/s1. The molecule has 0 saturated carbocycles. The molecular formula is C41H60O14S. The molecule has 10 aliphatic rings. The second-order valence-electron chi connectivity index (χ2n) is 18.2. The molecule has 56 heavy (non-hydrogen) atoms. The molecule has 0 aromatic heterocycles. The van der Waals surface area contributed by atoms with Crippen molar-refractivity contribution in [1.82, 2.24) is 0 Å². The number of ether oxygens (including phenoxy) is 9. The van der Waals surface area contributed by atoms with E-state index in [1.807, 2.05) is 0 Å². The van der Waals surface area contributed by atoms with Crippen molar-refractivity contribution in [2.75, 3.05) is 20.0 Å². The van der Waals surface area contributed by atoms with Crippen LogP contribution in [0.5, 0.6) is 0 Å². The van der Waals surface area contributed by atoms with Crippen molar-refractivity contribution in [3.63, 3.8) is 0 Å². The van der Waals surface area contributed by atoms with E-state index in [1.54, 1.807) is 7.11 Å². The van der Waals surface area contributed by atoms with E-state index in [2.05, 4.69) is 20.1 Å². The van der Waals surface area contributed by atoms with Gasteiger partial charge in [0.15, 0.2) is 5.79 Å². The second-order valence-corrected chi connectivity index (χ2v) is 19.8. The summed E-state index contributed by atoms with van der Waals surface area (Å²) in [6, 6.07) is 0. The highest BCUT2D eigenvalue weighted by atomic mass is 32.2. The Morgan fingerprint density at radius 1 is 0.804 bits per heavy atom. The van der Waals surface area contributed by atoms with Crippen LogP contribution in [0.4, 0.5) is 0 Å². The molecule has 0 aromatic carbocycles. The number of carbonyl (C=O) groups excluding carboxylic acids is 1. The van der Waals surface area contributed by atoms with E-state index in [4.69, 9.17) is 46.8 Å². The smallest absolute Gasteiger partial charge is 0.264 e. The Hall–Kier alpha value is -1.34. The average molecular weight is 809 g/mol. The Labute approximate surface area is 330 Å². The van der Waals surface area contributed by atoms with E-state index in [0.717, 1.165) is 55.9 Å². The number of hydrogen-bond acceptors (Lipinski definition) is 14. The zero-order valence-corrected chi connectivity index (χ0v) is 33.7. The summed E-state index contributed by atoms with van der Waals surface area (Å²) in [5.41, 5.74) is 2.10. The molecule has 10 saturated heterocycles. The number of hydrogen-bond donors (Lipinski definition) is 1. The maximum atomic E-state index is 14.1. The fourth-order valence-corrected chi connectivity index (χ4v) is 11.9. The Morgan fingerprint density at radius 3 is 2.34 bits per heavy atom. The third kappa shape index (κ3) is 7.87. The molecule has 1 N–H and O–H groups in total. The first-order valence-corrected chi connectivity index (χ1v) is 22.8. The average Bonchev–Trinajstić information content (AvgIpc) is 3.82. The van der Waals surface area contributed by atoms with E-state index in [0.29, 0.717) is 25.7 Å². The van der Waals surface area contributed by atoms with Crippen LogP contribution in [0.1, 0.15) is 90.4 Å². The van der Waals surface area contributed by atoms with Crippen LogP contribution in [-0.4, -0.2) is 143 Å². The van der Waals surface area contributed by atoms with Crippen molar-refractivity contribution in [2.24, 2.45) is 11.8 Å². The van der Waals surface area contributed by atoms with Crippen LogP contribution in [0.3, 0.4) is 0 Å². The lowest BCUT2D eigenvalue weighted by Gasteiger charge is -2.47. The molecule has 0 radical (unpaired) electrons. The summed E-state index contributed by atoms with van der Waals surface area (Å²) in [6.07, 6.45) is 3.43. The lowest BCUT2D eigenvalue weighted by molar-refractivity contribution is -0.292. The minimum absolute atomic E-state index is 0.0168. The maximum absolute atomic E-state index is 14.1. The highest BCUT2D eigenvalue weighted by Crippen LogP contribution is 2.54. The Bertz CT molecular complexity index is 1620. The van der Waals surface area contributed by atoms with E-state index >= 15 is 0 Å². The van der Waals surface area contributed by atoms with Gasteiger partial charge in [-0.05, 0) is 62.0 Å². The summed E-state index contributed by atoms with van der Waals surface area (Å²) < 4.78 is 88.1. The van der Waals surface area contributed by atoms with Crippen molar-refractivity contribution in [2.45, 2.75) is 194 Å². The van der Waals surface area contributed by atoms with Gasteiger partial charge in [-0.15, -0.1) is 0 Å². The predicted octanol–water partition coefficient (Wildman–Crippen LogP) is 3.46. The van der Waals surface area contributed by atoms with Gasteiger partial charge in [0, 0.05) is 51.6 Å². The molecule has 1 spiro atoms. The molecule has 14 nitrogen and oxygen atoms in total. The highest BCUT2D eigenvalue weighted by Gasteiger charge is 2.68. The molecule has 314 valence electrons. The molecule has 10 aliphatic heterocycles. The molecular weight excluding hydrogens is 749 g/mol. The zero-order chi connectivity index (χ0) is 39.1. The molecule has 10 rings (SSSR count). The van der Waals surface area contributed by atoms with Gasteiger partial charge >= 0.3 is 0 Å². The first-order valence-electron chi connectivity index (χ1n) is 21.0. The number of methoxy groups -OCH3 is 1. The Morgan fingerprint density at radius 2 is 1.54 bits per heavy atom. The number of rotatable bonds is 6. The lowest BCUT2D eigenvalue weighted by atomic mass is 9.81. The number of ketones is 1. The molecule has 19 atom stereocenters. The zero-order valence-electron chi connectivity index (χ0n) is 32.9. The molecule has 0 aliphatic carbocycles. The molecule has 0 amide bonds. The predicted molar refractivity (Wildman–Crippen MR) is 198 cm³/mol. The SMILES string of the molecule is C=C1C[C@@H]2CCC34CC5OC6C(OC7CCC(CC(=O)CC8C(CC9OC(CCC1O2)CC(C)C9=C)OC(CC(O)COS(C)(=O)=O)C8OC)OC7C6O3)C5O4. The first-order chi connectivity index (χ1) is 26.7. The number of aliphatic hydroxyl groups is 1. The van der Waals surface area contributed by atoms with Crippen molar-refractivity contribution in [1.29, 1.82) is 0 Å². The minimum atomic E-state index is -3.75. The summed E-state index contributed by atoms with van der Waals surface area (Å²) >= 11 is 0. The molecule has 10 fully saturated rings. The largest absolute Gasteiger partial charge is 0.391 e. The van der Waals surface area contributed by atoms with Crippen LogP contribution in [0.15, 0.2) is 24.3 Å². The summed E-state index contributed by atoms with van der Waals surface area (Å²) in [5.74, 6) is -0.927. The van der Waals surface area contributed by atoms with Crippen molar-refractivity contribution < 1.29 is 65.1 Å². The van der Waals surface area contributed by atoms with Gasteiger partial charge in [0.1, 0.15) is 36.3 Å². The maximum Gasteiger partial charge on any atom is 0.264 e. The fraction of sp³-hybridized carbons (Fsp3) is 0.878. The third-order valence-electron chi connectivity index (χ3n) is 14.2.